The van der Waals surface area contributed by atoms with Gasteiger partial charge in [-0.2, -0.15) is 0 Å². The molecule has 1 unspecified atom stereocenters. The predicted octanol–water partition coefficient (Wildman–Crippen LogP) is 4.39. The van der Waals surface area contributed by atoms with Gasteiger partial charge in [0.25, 0.3) is 11.8 Å². The van der Waals surface area contributed by atoms with Crippen LogP contribution in [0.3, 0.4) is 0 Å². The summed E-state index contributed by atoms with van der Waals surface area (Å²) >= 11 is 1.42. The third kappa shape index (κ3) is 6.84. The van der Waals surface area contributed by atoms with Crippen molar-refractivity contribution in [3.05, 3.63) is 100 Å². The van der Waals surface area contributed by atoms with Crippen LogP contribution in [0.15, 0.2) is 88.7 Å². The summed E-state index contributed by atoms with van der Waals surface area (Å²) < 4.78 is 0. The summed E-state index contributed by atoms with van der Waals surface area (Å²) in [6.45, 7) is 7.05. The van der Waals surface area contributed by atoms with Crippen molar-refractivity contribution in [1.29, 1.82) is 0 Å². The van der Waals surface area contributed by atoms with E-state index in [0.717, 1.165) is 30.0 Å². The number of hydrogen-bond donors (Lipinski definition) is 3. The highest BCUT2D eigenvalue weighted by atomic mass is 32.2. The number of benzene rings is 3. The Labute approximate surface area is 211 Å². The van der Waals surface area contributed by atoms with Gasteiger partial charge in [0.05, 0.1) is 23.2 Å². The zero-order chi connectivity index (χ0) is 24.6. The smallest absolute Gasteiger partial charge is 0.262 e. The number of fused-ring (bicyclic) bond motifs is 1. The first-order chi connectivity index (χ1) is 17.0. The Morgan fingerprint density at radius 1 is 1.03 bits per heavy atom. The van der Waals surface area contributed by atoms with Gasteiger partial charge in [0.2, 0.25) is 0 Å². The van der Waals surface area contributed by atoms with Crippen molar-refractivity contribution in [3.63, 3.8) is 0 Å². The lowest BCUT2D eigenvalue weighted by Crippen LogP contribution is -3.13. The first-order valence-corrected chi connectivity index (χ1v) is 12.9. The number of carbonyl (C=O) groups is 2. The third-order valence-electron chi connectivity index (χ3n) is 6.08. The lowest BCUT2D eigenvalue weighted by molar-refractivity contribution is -0.935. The lowest BCUT2D eigenvalue weighted by atomic mass is 10.1. The Bertz CT molecular complexity index is 1190. The molecule has 0 bridgehead atoms. The maximum atomic E-state index is 12.7. The van der Waals surface area contributed by atoms with E-state index in [0.29, 0.717) is 28.7 Å². The second-order valence-electron chi connectivity index (χ2n) is 9.02. The van der Waals surface area contributed by atoms with E-state index < -0.39 is 0 Å². The van der Waals surface area contributed by atoms with Crippen molar-refractivity contribution < 1.29 is 14.5 Å². The van der Waals surface area contributed by atoms with Crippen molar-refractivity contribution >= 4 is 35.3 Å². The van der Waals surface area contributed by atoms with Crippen LogP contribution < -0.4 is 15.5 Å². The van der Waals surface area contributed by atoms with Crippen molar-refractivity contribution in [2.45, 2.75) is 37.8 Å². The summed E-state index contributed by atoms with van der Waals surface area (Å²) in [7, 11) is 0. The van der Waals surface area contributed by atoms with Crippen LogP contribution in [0.4, 0.5) is 5.69 Å². The summed E-state index contributed by atoms with van der Waals surface area (Å²) in [4.78, 5) is 28.4. The number of quaternary nitrogens is 1. The molecular formula is C29H32N3O2S+. The van der Waals surface area contributed by atoms with Crippen LogP contribution in [0, 0.1) is 0 Å². The monoisotopic (exact) mass is 486 g/mol. The van der Waals surface area contributed by atoms with Gasteiger partial charge in [0, 0.05) is 29.0 Å². The van der Waals surface area contributed by atoms with Gasteiger partial charge in [-0.05, 0) is 43.7 Å². The molecule has 35 heavy (non-hydrogen) atoms. The van der Waals surface area contributed by atoms with Gasteiger partial charge in [-0.25, -0.2) is 0 Å². The van der Waals surface area contributed by atoms with Crippen LogP contribution in [-0.2, 0) is 11.3 Å². The predicted molar refractivity (Wildman–Crippen MR) is 143 cm³/mol. The minimum atomic E-state index is -0.154. The van der Waals surface area contributed by atoms with E-state index in [4.69, 9.17) is 0 Å². The average Bonchev–Trinajstić information content (AvgIpc) is 2.87. The summed E-state index contributed by atoms with van der Waals surface area (Å²) in [5.41, 5.74) is 3.54. The Morgan fingerprint density at radius 3 is 2.46 bits per heavy atom. The summed E-state index contributed by atoms with van der Waals surface area (Å²) in [6, 6.07) is 26.3. The molecular weight excluding hydrogens is 454 g/mol. The van der Waals surface area contributed by atoms with Crippen molar-refractivity contribution in [2.24, 2.45) is 0 Å². The zero-order valence-corrected chi connectivity index (χ0v) is 21.0. The Kier molecular flexibility index (Phi) is 8.40. The fourth-order valence-corrected chi connectivity index (χ4v) is 4.99. The number of rotatable bonds is 9. The van der Waals surface area contributed by atoms with Crippen LogP contribution in [0.5, 0.6) is 0 Å². The average molecular weight is 487 g/mol. The Balaban J connectivity index is 1.31. The zero-order valence-electron chi connectivity index (χ0n) is 20.2. The van der Waals surface area contributed by atoms with Crippen molar-refractivity contribution in [1.82, 2.24) is 5.32 Å². The molecule has 1 heterocycles. The topological polar surface area (TPSA) is 62.6 Å². The molecule has 1 aliphatic heterocycles. The molecule has 0 radical (unpaired) electrons. The summed E-state index contributed by atoms with van der Waals surface area (Å²) in [5.74, 6) is -0.272. The summed E-state index contributed by atoms with van der Waals surface area (Å²) in [6.07, 6.45) is 2.78. The normalized spacial score (nSPS) is 14.9. The first-order valence-electron chi connectivity index (χ1n) is 12.1. The number of carbonyl (C=O) groups excluding carboxylic acids is 2. The molecule has 3 aromatic rings. The SMILES string of the molecule is CC(C)[NH+](CCCNC(=O)c1ccc2c(c1)NC(=O)C(=Cc1ccccc1)S2)Cc1ccccc1. The molecule has 0 aromatic heterocycles. The summed E-state index contributed by atoms with van der Waals surface area (Å²) in [5, 5.41) is 5.97. The molecule has 180 valence electrons. The van der Waals surface area contributed by atoms with E-state index in [9.17, 15) is 9.59 Å². The largest absolute Gasteiger partial charge is 0.352 e. The van der Waals surface area contributed by atoms with Gasteiger partial charge >= 0.3 is 0 Å². The van der Waals surface area contributed by atoms with Crippen LogP contribution in [0.25, 0.3) is 6.08 Å². The lowest BCUT2D eigenvalue weighted by Gasteiger charge is -2.23. The number of anilines is 1. The number of amides is 2. The van der Waals surface area contributed by atoms with Gasteiger partial charge in [-0.3, -0.25) is 9.59 Å². The molecule has 3 N–H and O–H groups in total. The fourth-order valence-electron chi connectivity index (χ4n) is 4.06. The van der Waals surface area contributed by atoms with Crippen LogP contribution >= 0.6 is 11.8 Å². The van der Waals surface area contributed by atoms with Crippen LogP contribution in [0.1, 0.15) is 41.8 Å². The molecule has 0 aliphatic carbocycles. The maximum Gasteiger partial charge on any atom is 0.262 e. The highest BCUT2D eigenvalue weighted by Crippen LogP contribution is 2.39. The molecule has 1 atom stereocenters. The number of hydrogen-bond acceptors (Lipinski definition) is 3. The second kappa shape index (κ2) is 11.9. The van der Waals surface area contributed by atoms with E-state index in [2.05, 4.69) is 48.7 Å². The molecule has 1 aliphatic rings. The molecule has 3 aromatic carbocycles. The van der Waals surface area contributed by atoms with Crippen molar-refractivity contribution in [3.8, 4) is 0 Å². The minimum Gasteiger partial charge on any atom is -0.352 e. The molecule has 0 spiro atoms. The molecule has 5 nitrogen and oxygen atoms in total. The van der Waals surface area contributed by atoms with Gasteiger partial charge in [0.15, 0.2) is 0 Å². The molecule has 0 saturated heterocycles. The molecule has 4 rings (SSSR count). The van der Waals surface area contributed by atoms with Crippen LogP contribution in [-0.4, -0.2) is 30.9 Å². The molecule has 6 heteroatoms. The Morgan fingerprint density at radius 2 is 1.74 bits per heavy atom. The number of thioether (sulfide) groups is 1. The van der Waals surface area contributed by atoms with Crippen molar-refractivity contribution in [2.75, 3.05) is 18.4 Å². The quantitative estimate of drug-likeness (QED) is 0.311. The van der Waals surface area contributed by atoms with E-state index in [1.165, 1.54) is 22.2 Å². The van der Waals surface area contributed by atoms with E-state index in [1.807, 2.05) is 54.6 Å². The van der Waals surface area contributed by atoms with Gasteiger partial charge < -0.3 is 15.5 Å². The van der Waals surface area contributed by atoms with E-state index in [1.54, 1.807) is 6.07 Å². The Hall–Kier alpha value is -3.35. The minimum absolute atomic E-state index is 0.119. The van der Waals surface area contributed by atoms with E-state index >= 15 is 0 Å². The molecule has 2 amide bonds. The molecule has 0 fully saturated rings. The van der Waals surface area contributed by atoms with Crippen LogP contribution in [0.2, 0.25) is 0 Å². The highest BCUT2D eigenvalue weighted by Gasteiger charge is 2.22. The highest BCUT2D eigenvalue weighted by molar-refractivity contribution is 8.04. The fraction of sp³-hybridized carbons (Fsp3) is 0.241. The van der Waals surface area contributed by atoms with Gasteiger partial charge in [-0.1, -0.05) is 72.4 Å². The standard InChI is InChI=1S/C29H31N3O2S/c1-21(2)32(20-23-12-7-4-8-13-23)17-9-16-30-28(33)24-14-15-26-25(19-24)31-29(34)27(35-26)18-22-10-5-3-6-11-22/h3-8,10-15,18-19,21H,9,16-17,20H2,1-2H3,(H,30,33)(H,31,34)/p+1. The first kappa shape index (κ1) is 24.8. The number of nitrogens with one attached hydrogen (secondary N) is 3. The van der Waals surface area contributed by atoms with E-state index in [-0.39, 0.29) is 11.8 Å². The van der Waals surface area contributed by atoms with Gasteiger partial charge in [0.1, 0.15) is 6.54 Å². The third-order valence-corrected chi connectivity index (χ3v) is 7.18. The second-order valence-corrected chi connectivity index (χ2v) is 10.1. The van der Waals surface area contributed by atoms with Gasteiger partial charge in [-0.15, -0.1) is 0 Å². The molecule has 0 saturated carbocycles. The maximum absolute atomic E-state index is 12.7.